The summed E-state index contributed by atoms with van der Waals surface area (Å²) in [6.07, 6.45) is 5.89. The molecule has 0 amide bonds. The van der Waals surface area contributed by atoms with E-state index in [0.717, 1.165) is 62.8 Å². The minimum atomic E-state index is -0.242. The van der Waals surface area contributed by atoms with E-state index >= 15 is 0 Å². The summed E-state index contributed by atoms with van der Waals surface area (Å²) in [5.41, 5.74) is -0.0867. The molecule has 1 aliphatic heterocycles. The van der Waals surface area contributed by atoms with E-state index < -0.39 is 0 Å². The summed E-state index contributed by atoms with van der Waals surface area (Å²) in [4.78, 5) is 8.88. The average Bonchev–Trinajstić information content (AvgIpc) is 3.03. The van der Waals surface area contributed by atoms with Gasteiger partial charge in [-0.25, -0.2) is 9.67 Å². The van der Waals surface area contributed by atoms with Gasteiger partial charge in [-0.15, -0.1) is 24.0 Å². The largest absolute Gasteiger partial charge is 0.392 e. The summed E-state index contributed by atoms with van der Waals surface area (Å²) < 4.78 is 7.09. The summed E-state index contributed by atoms with van der Waals surface area (Å²) in [5.74, 6) is 2.55. The average molecular weight is 492 g/mol. The lowest BCUT2D eigenvalue weighted by atomic mass is 9.73. The van der Waals surface area contributed by atoms with Crippen molar-refractivity contribution in [3.63, 3.8) is 0 Å². The van der Waals surface area contributed by atoms with Crippen LogP contribution in [-0.2, 0) is 24.3 Å². The molecule has 0 radical (unpaired) electrons. The number of aromatic nitrogens is 3. The number of nitrogens with zero attached hydrogens (tertiary/aromatic N) is 4. The molecule has 0 bridgehead atoms. The standard InChI is InChI=1S/C18H32N6O2.HI/c1-18(9-5-4-6-14(18)25)12-20-17(19-2)21-13-7-8-16-22-15(11-26-3)23-24(16)10-13;/h13-14,25H,4-12H2,1-3H3,(H2,19,20,21);1H. The van der Waals surface area contributed by atoms with Gasteiger partial charge in [0.1, 0.15) is 12.4 Å². The van der Waals surface area contributed by atoms with Gasteiger partial charge in [0.2, 0.25) is 0 Å². The van der Waals surface area contributed by atoms with E-state index in [1.54, 1.807) is 14.2 Å². The molecule has 0 spiro atoms. The van der Waals surface area contributed by atoms with Crippen LogP contribution >= 0.6 is 24.0 Å². The van der Waals surface area contributed by atoms with Crippen molar-refractivity contribution in [3.05, 3.63) is 11.6 Å². The quantitative estimate of drug-likeness (QED) is 0.327. The third kappa shape index (κ3) is 5.54. The van der Waals surface area contributed by atoms with Crippen molar-refractivity contribution in [1.29, 1.82) is 0 Å². The van der Waals surface area contributed by atoms with E-state index in [-0.39, 0.29) is 41.5 Å². The zero-order valence-electron chi connectivity index (χ0n) is 16.6. The molecule has 9 heteroatoms. The molecule has 27 heavy (non-hydrogen) atoms. The number of guanidine groups is 1. The molecule has 0 aromatic carbocycles. The number of methoxy groups -OCH3 is 1. The third-order valence-corrected chi connectivity index (χ3v) is 5.68. The van der Waals surface area contributed by atoms with Gasteiger partial charge >= 0.3 is 0 Å². The Kier molecular flexibility index (Phi) is 8.29. The van der Waals surface area contributed by atoms with E-state index in [2.05, 4.69) is 32.6 Å². The topological polar surface area (TPSA) is 96.6 Å². The molecule has 0 saturated heterocycles. The van der Waals surface area contributed by atoms with Crippen molar-refractivity contribution in [2.24, 2.45) is 10.4 Å². The number of rotatable bonds is 5. The van der Waals surface area contributed by atoms with Crippen molar-refractivity contribution in [2.75, 3.05) is 20.7 Å². The molecule has 2 heterocycles. The fraction of sp³-hybridized carbons (Fsp3) is 0.833. The fourth-order valence-corrected chi connectivity index (χ4v) is 3.93. The van der Waals surface area contributed by atoms with E-state index in [9.17, 15) is 5.11 Å². The van der Waals surface area contributed by atoms with Gasteiger partial charge in [0.05, 0.1) is 12.6 Å². The molecule has 1 saturated carbocycles. The van der Waals surface area contributed by atoms with Gasteiger partial charge in [0.15, 0.2) is 11.8 Å². The highest BCUT2D eigenvalue weighted by atomic mass is 127. The van der Waals surface area contributed by atoms with Crippen LogP contribution in [0.3, 0.4) is 0 Å². The van der Waals surface area contributed by atoms with Gasteiger partial charge in [-0.2, -0.15) is 5.10 Å². The first kappa shape index (κ1) is 22.4. The molecule has 3 atom stereocenters. The number of hydrogen-bond donors (Lipinski definition) is 3. The second-order valence-corrected chi connectivity index (χ2v) is 7.78. The predicted molar refractivity (Wildman–Crippen MR) is 115 cm³/mol. The second kappa shape index (κ2) is 10.0. The maximum absolute atomic E-state index is 10.4. The molecule has 1 aromatic rings. The highest BCUT2D eigenvalue weighted by molar-refractivity contribution is 14.0. The summed E-state index contributed by atoms with van der Waals surface area (Å²) in [7, 11) is 3.44. The maximum Gasteiger partial charge on any atom is 0.191 e. The molecule has 2 aliphatic rings. The molecule has 3 unspecified atom stereocenters. The van der Waals surface area contributed by atoms with Crippen LogP contribution in [0.25, 0.3) is 0 Å². The number of fused-ring (bicyclic) bond motifs is 1. The van der Waals surface area contributed by atoms with Crippen molar-refractivity contribution in [2.45, 2.75) is 70.7 Å². The van der Waals surface area contributed by atoms with Crippen LogP contribution in [0.2, 0.25) is 0 Å². The molecule has 1 aliphatic carbocycles. The summed E-state index contributed by atoms with van der Waals surface area (Å²) in [6, 6.07) is 0.259. The molecule has 8 nitrogen and oxygen atoms in total. The van der Waals surface area contributed by atoms with Crippen molar-refractivity contribution >= 4 is 29.9 Å². The lowest BCUT2D eigenvalue weighted by Gasteiger charge is -2.39. The van der Waals surface area contributed by atoms with Gasteiger partial charge in [0, 0.05) is 38.6 Å². The Hall–Kier alpha value is -0.940. The van der Waals surface area contributed by atoms with Crippen LogP contribution in [0.4, 0.5) is 0 Å². The number of aliphatic imine (C=N–C) groups is 1. The molecular weight excluding hydrogens is 459 g/mol. The van der Waals surface area contributed by atoms with Gasteiger partial charge in [0.25, 0.3) is 0 Å². The molecular formula is C18H33IN6O2. The van der Waals surface area contributed by atoms with Gasteiger partial charge in [-0.3, -0.25) is 4.99 Å². The van der Waals surface area contributed by atoms with Crippen LogP contribution in [0.1, 0.15) is 50.7 Å². The fourth-order valence-electron chi connectivity index (χ4n) is 3.93. The van der Waals surface area contributed by atoms with E-state index in [0.29, 0.717) is 6.61 Å². The monoisotopic (exact) mass is 492 g/mol. The first-order valence-electron chi connectivity index (χ1n) is 9.61. The smallest absolute Gasteiger partial charge is 0.191 e. The SMILES string of the molecule is CN=C(NCC1(C)CCCCC1O)NC1CCc2nc(COC)nn2C1.I. The summed E-state index contributed by atoms with van der Waals surface area (Å²) >= 11 is 0. The summed E-state index contributed by atoms with van der Waals surface area (Å²) in [6.45, 7) is 4.11. The second-order valence-electron chi connectivity index (χ2n) is 7.78. The number of nitrogens with one attached hydrogen (secondary N) is 2. The molecule has 1 fully saturated rings. The van der Waals surface area contributed by atoms with Crippen molar-refractivity contribution in [3.8, 4) is 0 Å². The van der Waals surface area contributed by atoms with Gasteiger partial charge < -0.3 is 20.5 Å². The van der Waals surface area contributed by atoms with E-state index in [1.165, 1.54) is 6.42 Å². The Morgan fingerprint density at radius 2 is 2.22 bits per heavy atom. The third-order valence-electron chi connectivity index (χ3n) is 5.68. The Bertz CT molecular complexity index is 637. The number of halogens is 1. The van der Waals surface area contributed by atoms with Crippen LogP contribution in [-0.4, -0.2) is 58.7 Å². The lowest BCUT2D eigenvalue weighted by Crippen LogP contribution is -2.51. The van der Waals surface area contributed by atoms with E-state index in [1.807, 2.05) is 4.68 Å². The number of ether oxygens (including phenoxy) is 1. The number of aliphatic hydroxyl groups excluding tert-OH is 1. The predicted octanol–water partition coefficient (Wildman–Crippen LogP) is 1.46. The molecule has 3 N–H and O–H groups in total. The van der Waals surface area contributed by atoms with Crippen LogP contribution in [0, 0.1) is 5.41 Å². The van der Waals surface area contributed by atoms with E-state index in [4.69, 9.17) is 4.74 Å². The number of aliphatic hydroxyl groups is 1. The zero-order chi connectivity index (χ0) is 18.6. The number of hydrogen-bond acceptors (Lipinski definition) is 5. The lowest BCUT2D eigenvalue weighted by molar-refractivity contribution is 0.00394. The summed E-state index contributed by atoms with van der Waals surface area (Å²) in [5, 5.41) is 21.8. The van der Waals surface area contributed by atoms with Crippen LogP contribution in [0.5, 0.6) is 0 Å². The Balaban J connectivity index is 0.00000261. The molecule has 1 aromatic heterocycles. The Morgan fingerprint density at radius 1 is 1.41 bits per heavy atom. The van der Waals surface area contributed by atoms with Gasteiger partial charge in [-0.05, 0) is 19.3 Å². The Morgan fingerprint density at radius 3 is 2.93 bits per heavy atom. The first-order valence-corrected chi connectivity index (χ1v) is 9.61. The minimum absolute atomic E-state index is 0. The van der Waals surface area contributed by atoms with Crippen LogP contribution in [0.15, 0.2) is 4.99 Å². The highest BCUT2D eigenvalue weighted by Crippen LogP contribution is 2.35. The first-order chi connectivity index (χ1) is 12.5. The normalized spacial score (nSPS) is 28.2. The van der Waals surface area contributed by atoms with Crippen molar-refractivity contribution < 1.29 is 9.84 Å². The zero-order valence-corrected chi connectivity index (χ0v) is 18.9. The highest BCUT2D eigenvalue weighted by Gasteiger charge is 2.35. The minimum Gasteiger partial charge on any atom is -0.392 e. The maximum atomic E-state index is 10.4. The Labute approximate surface area is 178 Å². The van der Waals surface area contributed by atoms with Gasteiger partial charge in [-0.1, -0.05) is 19.8 Å². The number of aryl methyl sites for hydroxylation is 1. The van der Waals surface area contributed by atoms with Crippen molar-refractivity contribution in [1.82, 2.24) is 25.4 Å². The molecule has 154 valence electrons. The van der Waals surface area contributed by atoms with Crippen LogP contribution < -0.4 is 10.6 Å². The molecule has 3 rings (SSSR count).